The van der Waals surface area contributed by atoms with Crippen molar-refractivity contribution in [2.75, 3.05) is 85.8 Å². The average molecular weight is 614 g/mol. The number of carbonyl (C=O) groups is 2. The molecule has 0 unspecified atom stereocenters. The lowest BCUT2D eigenvalue weighted by atomic mass is 10.2. The fourth-order valence-corrected chi connectivity index (χ4v) is 4.59. The van der Waals surface area contributed by atoms with E-state index >= 15 is 0 Å². The van der Waals surface area contributed by atoms with E-state index in [9.17, 15) is 9.59 Å². The van der Waals surface area contributed by atoms with E-state index in [1.54, 1.807) is 39.8 Å². The SMILES string of the molecule is CNCCNC(=O)c1cccc(OC[C@H](OCCOCCOCCCC(=O)NCCOCC#CC(C)C)SSC)c1. The average Bonchev–Trinajstić information content (AvgIpc) is 2.96. The number of ether oxygens (including phenoxy) is 5. The van der Waals surface area contributed by atoms with E-state index in [-0.39, 0.29) is 17.3 Å². The van der Waals surface area contributed by atoms with Gasteiger partial charge in [0, 0.05) is 44.1 Å². The van der Waals surface area contributed by atoms with E-state index in [2.05, 4.69) is 27.8 Å². The zero-order valence-corrected chi connectivity index (χ0v) is 26.5. The number of amides is 2. The Labute approximate surface area is 253 Å². The van der Waals surface area contributed by atoms with Crippen LogP contribution in [-0.2, 0) is 23.7 Å². The highest BCUT2D eigenvalue weighted by Gasteiger charge is 2.12. The van der Waals surface area contributed by atoms with Crippen LogP contribution in [0.1, 0.15) is 37.0 Å². The van der Waals surface area contributed by atoms with Crippen LogP contribution in [0.5, 0.6) is 5.75 Å². The Bertz CT molecular complexity index is 897. The summed E-state index contributed by atoms with van der Waals surface area (Å²) in [5.41, 5.74) is 0.367. The van der Waals surface area contributed by atoms with Gasteiger partial charge in [-0.2, -0.15) is 0 Å². The molecule has 0 aromatic heterocycles. The molecule has 3 N–H and O–H groups in total. The first-order valence-electron chi connectivity index (χ1n) is 13.9. The van der Waals surface area contributed by atoms with Gasteiger partial charge in [0.15, 0.2) is 0 Å². The number of benzene rings is 1. The fraction of sp³-hybridized carbons (Fsp3) is 0.655. The zero-order chi connectivity index (χ0) is 30.0. The minimum Gasteiger partial charge on any atom is -0.490 e. The summed E-state index contributed by atoms with van der Waals surface area (Å²) in [5.74, 6) is 6.76. The predicted octanol–water partition coefficient (Wildman–Crippen LogP) is 2.97. The quantitative estimate of drug-likeness (QED) is 0.0696. The van der Waals surface area contributed by atoms with Crippen LogP contribution in [0.25, 0.3) is 0 Å². The van der Waals surface area contributed by atoms with E-state index in [4.69, 9.17) is 23.7 Å². The minimum absolute atomic E-state index is 0.0149. The Balaban J connectivity index is 2.07. The molecule has 41 heavy (non-hydrogen) atoms. The molecule has 2 amide bonds. The molecule has 0 saturated heterocycles. The Morgan fingerprint density at radius 2 is 1.73 bits per heavy atom. The summed E-state index contributed by atoms with van der Waals surface area (Å²) >= 11 is 0. The van der Waals surface area contributed by atoms with Gasteiger partial charge in [0.05, 0.1) is 33.0 Å². The van der Waals surface area contributed by atoms with Crippen molar-refractivity contribution in [1.82, 2.24) is 16.0 Å². The number of rotatable bonds is 24. The van der Waals surface area contributed by atoms with Crippen molar-refractivity contribution in [3.8, 4) is 17.6 Å². The van der Waals surface area contributed by atoms with Gasteiger partial charge in [0.2, 0.25) is 5.91 Å². The molecule has 0 radical (unpaired) electrons. The standard InChI is InChI=1S/C29H47N3O7S2/c1-24(2)8-6-15-35-17-14-31-27(33)11-7-16-36-18-19-37-20-21-38-28(41-40-4)23-39-26-10-5-9-25(22-26)29(34)32-13-12-30-3/h5,9-10,22,24,28,30H,7,11-21,23H2,1-4H3,(H,31,33)(H,32,34)/t28-/m1/s1. The van der Waals surface area contributed by atoms with Crippen LogP contribution in [0.3, 0.4) is 0 Å². The Morgan fingerprint density at radius 1 is 0.951 bits per heavy atom. The van der Waals surface area contributed by atoms with Crippen molar-refractivity contribution >= 4 is 33.4 Å². The molecule has 0 aliphatic heterocycles. The van der Waals surface area contributed by atoms with E-state index < -0.39 is 0 Å². The maximum absolute atomic E-state index is 12.3. The largest absolute Gasteiger partial charge is 0.490 e. The summed E-state index contributed by atoms with van der Waals surface area (Å²) in [6.45, 7) is 9.23. The molecule has 1 atom stereocenters. The molecule has 0 spiro atoms. The second kappa shape index (κ2) is 25.7. The molecule has 1 aromatic rings. The highest BCUT2D eigenvalue weighted by Crippen LogP contribution is 2.25. The molecular weight excluding hydrogens is 566 g/mol. The summed E-state index contributed by atoms with van der Waals surface area (Å²) in [6, 6.07) is 7.11. The molecule has 10 nitrogen and oxygen atoms in total. The second-order valence-corrected chi connectivity index (χ2v) is 11.6. The van der Waals surface area contributed by atoms with Crippen molar-refractivity contribution in [2.45, 2.75) is 32.1 Å². The monoisotopic (exact) mass is 613 g/mol. The first kappa shape index (κ1) is 37.0. The van der Waals surface area contributed by atoms with Gasteiger partial charge in [0.1, 0.15) is 24.4 Å². The fourth-order valence-electron chi connectivity index (χ4n) is 3.12. The van der Waals surface area contributed by atoms with Crippen molar-refractivity contribution in [2.24, 2.45) is 5.92 Å². The number of hydrogen-bond acceptors (Lipinski definition) is 10. The van der Waals surface area contributed by atoms with Crippen LogP contribution >= 0.6 is 21.6 Å². The molecule has 0 aliphatic carbocycles. The summed E-state index contributed by atoms with van der Waals surface area (Å²) in [6.07, 6.45) is 3.04. The molecule has 0 fully saturated rings. The van der Waals surface area contributed by atoms with Gasteiger partial charge >= 0.3 is 0 Å². The normalized spacial score (nSPS) is 11.5. The maximum atomic E-state index is 12.3. The Kier molecular flexibility index (Phi) is 23.2. The number of nitrogens with one attached hydrogen (secondary N) is 3. The summed E-state index contributed by atoms with van der Waals surface area (Å²) in [7, 11) is 5.00. The van der Waals surface area contributed by atoms with Gasteiger partial charge in [-0.1, -0.05) is 53.3 Å². The molecule has 0 bridgehead atoms. The third-order valence-electron chi connectivity index (χ3n) is 5.08. The van der Waals surface area contributed by atoms with E-state index in [1.165, 1.54) is 0 Å². The number of carbonyl (C=O) groups excluding carboxylic acids is 2. The lowest BCUT2D eigenvalue weighted by Crippen LogP contribution is -2.30. The molecule has 1 rings (SSSR count). The van der Waals surface area contributed by atoms with Gasteiger partial charge in [-0.15, -0.1) is 0 Å². The van der Waals surface area contributed by atoms with E-state index in [0.29, 0.717) is 103 Å². The lowest BCUT2D eigenvalue weighted by molar-refractivity contribution is -0.121. The van der Waals surface area contributed by atoms with Crippen LogP contribution in [0, 0.1) is 17.8 Å². The summed E-state index contributed by atoms with van der Waals surface area (Å²) in [5, 5.41) is 8.67. The van der Waals surface area contributed by atoms with Crippen LogP contribution in [0.4, 0.5) is 0 Å². The highest BCUT2D eigenvalue weighted by atomic mass is 33.1. The molecule has 12 heteroatoms. The van der Waals surface area contributed by atoms with Crippen LogP contribution in [0.15, 0.2) is 24.3 Å². The van der Waals surface area contributed by atoms with Gasteiger partial charge in [-0.3, -0.25) is 9.59 Å². The van der Waals surface area contributed by atoms with E-state index in [1.807, 2.05) is 33.2 Å². The van der Waals surface area contributed by atoms with Gasteiger partial charge in [-0.25, -0.2) is 0 Å². The molecule has 232 valence electrons. The first-order chi connectivity index (χ1) is 20.0. The van der Waals surface area contributed by atoms with Gasteiger partial charge < -0.3 is 39.6 Å². The summed E-state index contributed by atoms with van der Waals surface area (Å²) in [4.78, 5) is 24.1. The van der Waals surface area contributed by atoms with Crippen molar-refractivity contribution in [3.63, 3.8) is 0 Å². The maximum Gasteiger partial charge on any atom is 0.251 e. The predicted molar refractivity (Wildman–Crippen MR) is 166 cm³/mol. The molecule has 1 aromatic carbocycles. The van der Waals surface area contributed by atoms with Crippen molar-refractivity contribution in [1.29, 1.82) is 0 Å². The lowest BCUT2D eigenvalue weighted by Gasteiger charge is -2.17. The molecular formula is C29H47N3O7S2. The third kappa shape index (κ3) is 21.4. The van der Waals surface area contributed by atoms with Gasteiger partial charge in [-0.05, 0) is 37.9 Å². The van der Waals surface area contributed by atoms with Crippen LogP contribution < -0.4 is 20.7 Å². The first-order valence-corrected chi connectivity index (χ1v) is 16.5. The summed E-state index contributed by atoms with van der Waals surface area (Å²) < 4.78 is 28.2. The minimum atomic E-state index is -0.186. The zero-order valence-electron chi connectivity index (χ0n) is 24.8. The van der Waals surface area contributed by atoms with Crippen LogP contribution in [0.2, 0.25) is 0 Å². The second-order valence-electron chi connectivity index (χ2n) is 8.97. The highest BCUT2D eigenvalue weighted by molar-refractivity contribution is 8.76. The number of hydrogen-bond donors (Lipinski definition) is 3. The van der Waals surface area contributed by atoms with E-state index in [0.717, 1.165) is 0 Å². The van der Waals surface area contributed by atoms with Crippen LogP contribution in [-0.4, -0.2) is 103 Å². The Hall–Kier alpha value is -1.98. The smallest absolute Gasteiger partial charge is 0.251 e. The Morgan fingerprint density at radius 3 is 2.49 bits per heavy atom. The molecule has 0 heterocycles. The van der Waals surface area contributed by atoms with Crippen molar-refractivity contribution < 1.29 is 33.3 Å². The van der Waals surface area contributed by atoms with Crippen molar-refractivity contribution in [3.05, 3.63) is 29.8 Å². The molecule has 0 saturated carbocycles. The van der Waals surface area contributed by atoms with Gasteiger partial charge in [0.25, 0.3) is 5.91 Å². The third-order valence-corrected chi connectivity index (χ3v) is 6.98. The topological polar surface area (TPSA) is 116 Å². The molecule has 0 aliphatic rings. The number of likely N-dealkylation sites (N-methyl/N-ethyl adjacent to an activating group) is 1.